The third kappa shape index (κ3) is 5.67. The summed E-state index contributed by atoms with van der Waals surface area (Å²) in [4.78, 5) is 34.2. The molecule has 1 aliphatic rings. The van der Waals surface area contributed by atoms with Crippen molar-refractivity contribution in [1.82, 2.24) is 10.3 Å². The summed E-state index contributed by atoms with van der Waals surface area (Å²) in [6.45, 7) is 10.1. The standard InChI is InChI=1S/C31H37N3O2/c1-21(2)22-15-17-25(18-16-22)34(30(36)27-14-8-11-23-10-6-7-13-26(23)27)28(24-12-9-19-32-20-24)29(35)33-31(3,4)5/h8-9,11-12,14-21,28H,6-7,10,13H2,1-5H3,(H,33,35). The number of pyridine rings is 1. The molecule has 2 amide bonds. The van der Waals surface area contributed by atoms with Gasteiger partial charge < -0.3 is 5.32 Å². The van der Waals surface area contributed by atoms with Crippen molar-refractivity contribution in [3.63, 3.8) is 0 Å². The van der Waals surface area contributed by atoms with E-state index in [4.69, 9.17) is 0 Å². The number of nitrogens with one attached hydrogen (secondary N) is 1. The zero-order valence-corrected chi connectivity index (χ0v) is 22.0. The van der Waals surface area contributed by atoms with Crippen molar-refractivity contribution in [2.45, 2.75) is 77.8 Å². The van der Waals surface area contributed by atoms with Crippen LogP contribution in [-0.4, -0.2) is 22.3 Å². The van der Waals surface area contributed by atoms with E-state index in [0.29, 0.717) is 22.7 Å². The summed E-state index contributed by atoms with van der Waals surface area (Å²) in [6, 6.07) is 16.8. The molecule has 1 heterocycles. The minimum Gasteiger partial charge on any atom is -0.349 e. The molecule has 188 valence electrons. The van der Waals surface area contributed by atoms with Crippen LogP contribution in [0.15, 0.2) is 67.0 Å². The zero-order chi connectivity index (χ0) is 25.9. The number of aryl methyl sites for hydroxylation is 1. The number of fused-ring (bicyclic) bond motifs is 1. The third-order valence-electron chi connectivity index (χ3n) is 6.69. The fraction of sp³-hybridized carbons (Fsp3) is 0.387. The van der Waals surface area contributed by atoms with Gasteiger partial charge in [0.05, 0.1) is 0 Å². The summed E-state index contributed by atoms with van der Waals surface area (Å²) in [5.74, 6) is -0.0341. The lowest BCUT2D eigenvalue weighted by molar-refractivity contribution is -0.123. The molecule has 1 unspecified atom stereocenters. The summed E-state index contributed by atoms with van der Waals surface area (Å²) < 4.78 is 0. The molecule has 1 aliphatic carbocycles. The smallest absolute Gasteiger partial charge is 0.259 e. The molecule has 1 aromatic heterocycles. The van der Waals surface area contributed by atoms with Crippen LogP contribution in [0.2, 0.25) is 0 Å². The molecular formula is C31H37N3O2. The monoisotopic (exact) mass is 483 g/mol. The number of nitrogens with zero attached hydrogens (tertiary/aromatic N) is 2. The lowest BCUT2D eigenvalue weighted by Gasteiger charge is -2.34. The van der Waals surface area contributed by atoms with E-state index in [0.717, 1.165) is 31.2 Å². The van der Waals surface area contributed by atoms with Crippen LogP contribution in [-0.2, 0) is 17.6 Å². The maximum absolute atomic E-state index is 14.4. The molecule has 1 N–H and O–H groups in total. The first-order valence-corrected chi connectivity index (χ1v) is 12.9. The summed E-state index contributed by atoms with van der Waals surface area (Å²) in [6.07, 6.45) is 7.42. The first-order valence-electron chi connectivity index (χ1n) is 12.9. The van der Waals surface area contributed by atoms with Crippen molar-refractivity contribution in [3.05, 3.63) is 94.8 Å². The molecule has 2 aromatic carbocycles. The van der Waals surface area contributed by atoms with Gasteiger partial charge in [-0.05, 0) is 93.3 Å². The van der Waals surface area contributed by atoms with Crippen molar-refractivity contribution in [2.24, 2.45) is 0 Å². The second-order valence-corrected chi connectivity index (χ2v) is 11.0. The first kappa shape index (κ1) is 25.6. The molecule has 0 saturated heterocycles. The maximum Gasteiger partial charge on any atom is 0.259 e. The Labute approximate surface area is 215 Å². The number of anilines is 1. The molecule has 0 spiro atoms. The van der Waals surface area contributed by atoms with Crippen LogP contribution in [0, 0.1) is 0 Å². The average molecular weight is 484 g/mol. The first-order chi connectivity index (χ1) is 17.2. The van der Waals surface area contributed by atoms with Gasteiger partial charge in [0.1, 0.15) is 6.04 Å². The van der Waals surface area contributed by atoms with E-state index in [9.17, 15) is 9.59 Å². The van der Waals surface area contributed by atoms with Crippen molar-refractivity contribution >= 4 is 17.5 Å². The molecule has 0 radical (unpaired) electrons. The number of rotatable bonds is 6. The number of benzene rings is 2. The highest BCUT2D eigenvalue weighted by Gasteiger charge is 2.36. The van der Waals surface area contributed by atoms with Gasteiger partial charge >= 0.3 is 0 Å². The molecule has 0 bridgehead atoms. The Hall–Kier alpha value is -3.47. The number of aromatic nitrogens is 1. The largest absolute Gasteiger partial charge is 0.349 e. The van der Waals surface area contributed by atoms with Crippen molar-refractivity contribution in [1.29, 1.82) is 0 Å². The number of amides is 2. The van der Waals surface area contributed by atoms with Gasteiger partial charge in [-0.15, -0.1) is 0 Å². The molecule has 5 nitrogen and oxygen atoms in total. The summed E-state index contributed by atoms with van der Waals surface area (Å²) >= 11 is 0. The van der Waals surface area contributed by atoms with Gasteiger partial charge in [-0.1, -0.05) is 44.2 Å². The van der Waals surface area contributed by atoms with E-state index in [1.807, 2.05) is 69.3 Å². The topological polar surface area (TPSA) is 62.3 Å². The molecule has 0 saturated carbocycles. The molecule has 0 fully saturated rings. The summed E-state index contributed by atoms with van der Waals surface area (Å²) in [7, 11) is 0. The van der Waals surface area contributed by atoms with Crippen molar-refractivity contribution < 1.29 is 9.59 Å². The van der Waals surface area contributed by atoms with Crippen LogP contribution < -0.4 is 10.2 Å². The van der Waals surface area contributed by atoms with Crippen LogP contribution in [0.3, 0.4) is 0 Å². The van der Waals surface area contributed by atoms with Gasteiger partial charge in [-0.2, -0.15) is 0 Å². The van der Waals surface area contributed by atoms with Gasteiger partial charge in [0.2, 0.25) is 5.91 Å². The van der Waals surface area contributed by atoms with E-state index < -0.39 is 11.6 Å². The maximum atomic E-state index is 14.4. The van der Waals surface area contributed by atoms with Gasteiger partial charge in [0.15, 0.2) is 0 Å². The molecule has 3 aromatic rings. The van der Waals surface area contributed by atoms with E-state index in [1.165, 1.54) is 11.1 Å². The highest BCUT2D eigenvalue weighted by molar-refractivity contribution is 6.11. The fourth-order valence-electron chi connectivity index (χ4n) is 4.91. The average Bonchev–Trinajstić information content (AvgIpc) is 2.86. The Kier molecular flexibility index (Phi) is 7.58. The molecule has 36 heavy (non-hydrogen) atoms. The fourth-order valence-corrected chi connectivity index (χ4v) is 4.91. The number of hydrogen-bond acceptors (Lipinski definition) is 3. The number of hydrogen-bond donors (Lipinski definition) is 1. The van der Waals surface area contributed by atoms with E-state index in [-0.39, 0.29) is 11.8 Å². The number of carbonyl (C=O) groups excluding carboxylic acids is 2. The molecule has 4 rings (SSSR count). The Bertz CT molecular complexity index is 1210. The molecule has 0 aliphatic heterocycles. The Morgan fingerprint density at radius 3 is 2.28 bits per heavy atom. The lowest BCUT2D eigenvalue weighted by Crippen LogP contribution is -2.49. The molecule has 1 atom stereocenters. The SMILES string of the molecule is CC(C)c1ccc(N(C(=O)c2cccc3c2CCCC3)C(C(=O)NC(C)(C)C)c2cccnc2)cc1. The lowest BCUT2D eigenvalue weighted by atomic mass is 9.87. The van der Waals surface area contributed by atoms with E-state index in [2.05, 4.69) is 30.2 Å². The van der Waals surface area contributed by atoms with E-state index in [1.54, 1.807) is 17.3 Å². The highest BCUT2D eigenvalue weighted by atomic mass is 16.2. The van der Waals surface area contributed by atoms with Gasteiger partial charge in [-0.3, -0.25) is 19.5 Å². The molecule has 5 heteroatoms. The zero-order valence-electron chi connectivity index (χ0n) is 22.0. The van der Waals surface area contributed by atoms with Crippen LogP contribution >= 0.6 is 0 Å². The second-order valence-electron chi connectivity index (χ2n) is 11.0. The normalized spacial score (nSPS) is 14.2. The summed E-state index contributed by atoms with van der Waals surface area (Å²) in [5, 5.41) is 3.11. The van der Waals surface area contributed by atoms with Crippen molar-refractivity contribution in [2.75, 3.05) is 4.90 Å². The Balaban J connectivity index is 1.89. The minimum atomic E-state index is -0.866. The predicted octanol–water partition coefficient (Wildman–Crippen LogP) is 6.39. The van der Waals surface area contributed by atoms with Crippen LogP contribution in [0.25, 0.3) is 0 Å². The molecular weight excluding hydrogens is 446 g/mol. The van der Waals surface area contributed by atoms with Gasteiger partial charge in [0, 0.05) is 34.7 Å². The van der Waals surface area contributed by atoms with Crippen LogP contribution in [0.1, 0.15) is 92.0 Å². The van der Waals surface area contributed by atoms with Gasteiger partial charge in [-0.25, -0.2) is 0 Å². The van der Waals surface area contributed by atoms with Crippen molar-refractivity contribution in [3.8, 4) is 0 Å². The quantitative estimate of drug-likeness (QED) is 0.442. The van der Waals surface area contributed by atoms with Gasteiger partial charge in [0.25, 0.3) is 5.91 Å². The predicted molar refractivity (Wildman–Crippen MR) is 145 cm³/mol. The third-order valence-corrected chi connectivity index (χ3v) is 6.69. The summed E-state index contributed by atoms with van der Waals surface area (Å²) in [5.41, 5.74) is 5.11. The second kappa shape index (κ2) is 10.7. The Morgan fingerprint density at radius 1 is 0.917 bits per heavy atom. The highest BCUT2D eigenvalue weighted by Crippen LogP contribution is 2.33. The van der Waals surface area contributed by atoms with Crippen LogP contribution in [0.4, 0.5) is 5.69 Å². The number of carbonyl (C=O) groups is 2. The van der Waals surface area contributed by atoms with E-state index >= 15 is 0 Å². The van der Waals surface area contributed by atoms with Crippen LogP contribution in [0.5, 0.6) is 0 Å². The minimum absolute atomic E-state index is 0.163. The Morgan fingerprint density at radius 2 is 1.64 bits per heavy atom.